The molecule has 5 nitrogen and oxygen atoms in total. The third-order valence-corrected chi connectivity index (χ3v) is 4.42. The summed E-state index contributed by atoms with van der Waals surface area (Å²) >= 11 is 0. The number of benzene rings is 2. The van der Waals surface area contributed by atoms with E-state index in [4.69, 9.17) is 5.14 Å². The maximum atomic E-state index is 11.2. The molecule has 0 aliphatic rings. The summed E-state index contributed by atoms with van der Waals surface area (Å²) in [6.45, 7) is 4.01. The van der Waals surface area contributed by atoms with Crippen molar-refractivity contribution in [1.82, 2.24) is 0 Å². The predicted molar refractivity (Wildman–Crippen MR) is 85.7 cm³/mol. The lowest BCUT2D eigenvalue weighted by Crippen LogP contribution is -2.12. The molecule has 0 saturated heterocycles. The Hall–Kier alpha value is -2.36. The Labute approximate surface area is 130 Å². The Kier molecular flexibility index (Phi) is 4.50. The highest BCUT2D eigenvalue weighted by atomic mass is 32.2. The third-order valence-electron chi connectivity index (χ3n) is 3.49. The SMILES string of the molecule is Cc1ccc(C(C#N)Nc2ccc(S(N)(=O)=O)cc2)cc1C. The van der Waals surface area contributed by atoms with E-state index in [0.717, 1.165) is 16.7 Å². The van der Waals surface area contributed by atoms with E-state index in [1.165, 1.54) is 12.1 Å². The Balaban J connectivity index is 2.24. The molecule has 6 heteroatoms. The van der Waals surface area contributed by atoms with E-state index in [1.807, 2.05) is 32.0 Å². The van der Waals surface area contributed by atoms with Crippen LogP contribution in [0.3, 0.4) is 0 Å². The molecular formula is C16H17N3O2S. The molecule has 0 spiro atoms. The maximum absolute atomic E-state index is 11.2. The first-order valence-corrected chi connectivity index (χ1v) is 8.22. The van der Waals surface area contributed by atoms with E-state index in [0.29, 0.717) is 5.69 Å². The van der Waals surface area contributed by atoms with Gasteiger partial charge in [-0.2, -0.15) is 5.26 Å². The van der Waals surface area contributed by atoms with Crippen LogP contribution in [0.1, 0.15) is 22.7 Å². The molecule has 0 aliphatic heterocycles. The van der Waals surface area contributed by atoms with E-state index in [1.54, 1.807) is 12.1 Å². The Morgan fingerprint density at radius 2 is 1.73 bits per heavy atom. The normalized spacial score (nSPS) is 12.5. The highest BCUT2D eigenvalue weighted by molar-refractivity contribution is 7.89. The molecule has 22 heavy (non-hydrogen) atoms. The zero-order valence-electron chi connectivity index (χ0n) is 12.4. The first-order chi connectivity index (χ1) is 10.3. The number of nitrogens with zero attached hydrogens (tertiary/aromatic N) is 1. The fourth-order valence-corrected chi connectivity index (χ4v) is 2.56. The summed E-state index contributed by atoms with van der Waals surface area (Å²) < 4.78 is 22.4. The van der Waals surface area contributed by atoms with E-state index in [9.17, 15) is 13.7 Å². The molecule has 114 valence electrons. The van der Waals surface area contributed by atoms with Crippen molar-refractivity contribution in [2.45, 2.75) is 24.8 Å². The maximum Gasteiger partial charge on any atom is 0.238 e. The van der Waals surface area contributed by atoms with Crippen LogP contribution in [0.4, 0.5) is 5.69 Å². The van der Waals surface area contributed by atoms with Gasteiger partial charge >= 0.3 is 0 Å². The van der Waals surface area contributed by atoms with Crippen LogP contribution in [0.25, 0.3) is 0 Å². The van der Waals surface area contributed by atoms with Crippen molar-refractivity contribution < 1.29 is 8.42 Å². The summed E-state index contributed by atoms with van der Waals surface area (Å²) in [7, 11) is -3.71. The van der Waals surface area contributed by atoms with Gasteiger partial charge in [0.1, 0.15) is 6.04 Å². The second-order valence-electron chi connectivity index (χ2n) is 5.12. The van der Waals surface area contributed by atoms with E-state index in [-0.39, 0.29) is 4.90 Å². The number of rotatable bonds is 4. The molecule has 2 aromatic carbocycles. The van der Waals surface area contributed by atoms with Gasteiger partial charge in [-0.1, -0.05) is 18.2 Å². The molecule has 0 amide bonds. The van der Waals surface area contributed by atoms with Crippen LogP contribution in [0.5, 0.6) is 0 Å². The molecular weight excluding hydrogens is 298 g/mol. The second kappa shape index (κ2) is 6.18. The summed E-state index contributed by atoms with van der Waals surface area (Å²) in [5.41, 5.74) is 3.79. The topological polar surface area (TPSA) is 96.0 Å². The number of hydrogen-bond acceptors (Lipinski definition) is 4. The van der Waals surface area contributed by atoms with Gasteiger partial charge in [-0.3, -0.25) is 0 Å². The third kappa shape index (κ3) is 3.64. The summed E-state index contributed by atoms with van der Waals surface area (Å²) in [6, 6.07) is 13.5. The number of nitrogens with one attached hydrogen (secondary N) is 1. The van der Waals surface area contributed by atoms with Crippen molar-refractivity contribution in [2.24, 2.45) is 5.14 Å². The van der Waals surface area contributed by atoms with Crippen molar-refractivity contribution in [1.29, 1.82) is 5.26 Å². The van der Waals surface area contributed by atoms with E-state index >= 15 is 0 Å². The second-order valence-corrected chi connectivity index (χ2v) is 6.68. The lowest BCUT2D eigenvalue weighted by molar-refractivity contribution is 0.598. The lowest BCUT2D eigenvalue weighted by Gasteiger charge is -2.15. The largest absolute Gasteiger partial charge is 0.366 e. The van der Waals surface area contributed by atoms with Gasteiger partial charge in [0.05, 0.1) is 11.0 Å². The quantitative estimate of drug-likeness (QED) is 0.906. The van der Waals surface area contributed by atoms with Crippen molar-refractivity contribution in [2.75, 3.05) is 5.32 Å². The number of nitrogens with two attached hydrogens (primary N) is 1. The molecule has 0 saturated carbocycles. The highest BCUT2D eigenvalue weighted by Gasteiger charge is 2.12. The monoisotopic (exact) mass is 315 g/mol. The van der Waals surface area contributed by atoms with E-state index < -0.39 is 16.1 Å². The fraction of sp³-hybridized carbons (Fsp3) is 0.188. The number of sulfonamides is 1. The molecule has 2 aromatic rings. The Morgan fingerprint density at radius 3 is 2.23 bits per heavy atom. The molecule has 2 rings (SSSR count). The van der Waals surface area contributed by atoms with Crippen molar-refractivity contribution in [3.8, 4) is 6.07 Å². The van der Waals surface area contributed by atoms with Gasteiger partial charge < -0.3 is 5.32 Å². The minimum absolute atomic E-state index is 0.0396. The number of aryl methyl sites for hydroxylation is 2. The van der Waals surface area contributed by atoms with Gasteiger partial charge in [-0.25, -0.2) is 13.6 Å². The van der Waals surface area contributed by atoms with Gasteiger partial charge in [0.2, 0.25) is 10.0 Å². The van der Waals surface area contributed by atoms with Gasteiger partial charge in [0.15, 0.2) is 0 Å². The standard InChI is InChI=1S/C16H17N3O2S/c1-11-3-4-13(9-12(11)2)16(10-17)19-14-5-7-15(8-6-14)22(18,20)21/h3-9,16,19H,1-2H3,(H2,18,20,21). The number of primary sulfonamides is 1. The molecule has 0 fully saturated rings. The summed E-state index contributed by atoms with van der Waals surface area (Å²) in [5, 5.41) is 17.5. The molecule has 3 N–H and O–H groups in total. The summed E-state index contributed by atoms with van der Waals surface area (Å²) in [5.74, 6) is 0. The zero-order chi connectivity index (χ0) is 16.3. The first kappa shape index (κ1) is 16.0. The average Bonchev–Trinajstić information content (AvgIpc) is 2.47. The molecule has 0 radical (unpaired) electrons. The number of anilines is 1. The molecule has 0 bridgehead atoms. The van der Waals surface area contributed by atoms with Crippen molar-refractivity contribution in [3.05, 3.63) is 59.2 Å². The minimum atomic E-state index is -3.71. The molecule has 0 aromatic heterocycles. The average molecular weight is 315 g/mol. The molecule has 0 heterocycles. The van der Waals surface area contributed by atoms with Crippen LogP contribution in [-0.2, 0) is 10.0 Å². The van der Waals surface area contributed by atoms with Gasteiger partial charge in [0, 0.05) is 5.69 Å². The van der Waals surface area contributed by atoms with Crippen LogP contribution in [0, 0.1) is 25.2 Å². The Bertz CT molecular complexity index is 821. The Morgan fingerprint density at radius 1 is 1.09 bits per heavy atom. The smallest absolute Gasteiger partial charge is 0.238 e. The summed E-state index contributed by atoms with van der Waals surface area (Å²) in [6.07, 6.45) is 0. The van der Waals surface area contributed by atoms with Crippen LogP contribution < -0.4 is 10.5 Å². The predicted octanol–water partition coefficient (Wildman–Crippen LogP) is 2.63. The van der Waals surface area contributed by atoms with Gasteiger partial charge in [-0.15, -0.1) is 0 Å². The van der Waals surface area contributed by atoms with Crippen LogP contribution >= 0.6 is 0 Å². The molecule has 1 atom stereocenters. The highest BCUT2D eigenvalue weighted by Crippen LogP contribution is 2.22. The van der Waals surface area contributed by atoms with Crippen LogP contribution in [0.2, 0.25) is 0 Å². The van der Waals surface area contributed by atoms with Crippen molar-refractivity contribution in [3.63, 3.8) is 0 Å². The van der Waals surface area contributed by atoms with Crippen LogP contribution in [-0.4, -0.2) is 8.42 Å². The number of hydrogen-bond donors (Lipinski definition) is 2. The van der Waals surface area contributed by atoms with Gasteiger partial charge in [0.25, 0.3) is 0 Å². The van der Waals surface area contributed by atoms with Crippen LogP contribution in [0.15, 0.2) is 47.4 Å². The minimum Gasteiger partial charge on any atom is -0.366 e. The van der Waals surface area contributed by atoms with E-state index in [2.05, 4.69) is 11.4 Å². The van der Waals surface area contributed by atoms with Crippen molar-refractivity contribution >= 4 is 15.7 Å². The number of nitriles is 1. The van der Waals surface area contributed by atoms with Gasteiger partial charge in [-0.05, 0) is 54.8 Å². The molecule has 1 unspecified atom stereocenters. The lowest BCUT2D eigenvalue weighted by atomic mass is 10.0. The first-order valence-electron chi connectivity index (χ1n) is 6.67. The molecule has 0 aliphatic carbocycles. The fourth-order valence-electron chi connectivity index (χ4n) is 2.04. The zero-order valence-corrected chi connectivity index (χ0v) is 13.2. The summed E-state index contributed by atoms with van der Waals surface area (Å²) in [4.78, 5) is 0.0396.